The highest BCUT2D eigenvalue weighted by Crippen LogP contribution is 2.16. The Morgan fingerprint density at radius 1 is 1.13 bits per heavy atom. The third kappa shape index (κ3) is 3.92. The van der Waals surface area contributed by atoms with E-state index in [4.69, 9.17) is 0 Å². The molecular weight excluding hydrogens is 356 g/mol. The molecule has 0 aliphatic rings. The molecule has 0 spiro atoms. The van der Waals surface area contributed by atoms with E-state index in [9.17, 15) is 4.79 Å². The van der Waals surface area contributed by atoms with Crippen molar-refractivity contribution in [3.8, 4) is 11.3 Å². The van der Waals surface area contributed by atoms with E-state index < -0.39 is 0 Å². The molecule has 1 heterocycles. The fourth-order valence-electron chi connectivity index (χ4n) is 1.97. The summed E-state index contributed by atoms with van der Waals surface area (Å²) in [5.74, 6) is -0.340. The zero-order chi connectivity index (χ0) is 16.1. The van der Waals surface area contributed by atoms with Crippen LogP contribution in [0, 0.1) is 0 Å². The summed E-state index contributed by atoms with van der Waals surface area (Å²) in [7, 11) is 0. The number of aromatic nitrogens is 2. The summed E-state index contributed by atoms with van der Waals surface area (Å²) in [6.07, 6.45) is 1.58. The highest BCUT2D eigenvalue weighted by atomic mass is 79.9. The number of carbonyl (C=O) groups is 1. The molecule has 0 fully saturated rings. The van der Waals surface area contributed by atoms with E-state index in [0.29, 0.717) is 11.4 Å². The summed E-state index contributed by atoms with van der Waals surface area (Å²) >= 11 is 3.36. The molecule has 0 saturated carbocycles. The Labute approximate surface area is 141 Å². The lowest BCUT2D eigenvalue weighted by Crippen LogP contribution is -2.17. The average Bonchev–Trinajstić information content (AvgIpc) is 3.07. The van der Waals surface area contributed by atoms with Crippen molar-refractivity contribution in [1.29, 1.82) is 0 Å². The summed E-state index contributed by atoms with van der Waals surface area (Å²) < 4.78 is 0.990. The molecule has 0 aliphatic carbocycles. The first-order chi connectivity index (χ1) is 11.2. The number of benzene rings is 2. The van der Waals surface area contributed by atoms with Crippen LogP contribution in [0.1, 0.15) is 16.1 Å². The number of halogens is 1. The topological polar surface area (TPSA) is 70.1 Å². The number of hydrazone groups is 1. The summed E-state index contributed by atoms with van der Waals surface area (Å²) in [6.45, 7) is 0. The Balaban J connectivity index is 1.65. The van der Waals surface area contributed by atoms with Gasteiger partial charge in [0.2, 0.25) is 0 Å². The Morgan fingerprint density at radius 3 is 2.61 bits per heavy atom. The third-order valence-electron chi connectivity index (χ3n) is 3.14. The molecule has 0 radical (unpaired) electrons. The van der Waals surface area contributed by atoms with Crippen LogP contribution in [0.15, 0.2) is 70.2 Å². The molecule has 2 aromatic carbocycles. The van der Waals surface area contributed by atoms with Crippen molar-refractivity contribution in [3.63, 3.8) is 0 Å². The van der Waals surface area contributed by atoms with Gasteiger partial charge in [-0.15, -0.1) is 0 Å². The molecule has 6 heteroatoms. The molecule has 5 nitrogen and oxygen atoms in total. The molecule has 0 unspecified atom stereocenters. The average molecular weight is 369 g/mol. The van der Waals surface area contributed by atoms with E-state index in [2.05, 4.69) is 36.7 Å². The lowest BCUT2D eigenvalue weighted by Gasteiger charge is -1.96. The maximum atomic E-state index is 12.0. The lowest BCUT2D eigenvalue weighted by atomic mass is 10.1. The van der Waals surface area contributed by atoms with Gasteiger partial charge in [-0.3, -0.25) is 9.89 Å². The predicted octanol–water partition coefficient (Wildman–Crippen LogP) is 3.60. The second-order valence-corrected chi connectivity index (χ2v) is 5.70. The van der Waals surface area contributed by atoms with E-state index in [-0.39, 0.29) is 5.91 Å². The van der Waals surface area contributed by atoms with Crippen LogP contribution in [-0.2, 0) is 0 Å². The maximum absolute atomic E-state index is 12.0. The van der Waals surface area contributed by atoms with Crippen LogP contribution in [0.4, 0.5) is 0 Å². The smallest absolute Gasteiger partial charge is 0.272 e. The van der Waals surface area contributed by atoms with Gasteiger partial charge in [0.05, 0.1) is 11.9 Å². The number of H-pyrrole nitrogens is 1. The second-order valence-electron chi connectivity index (χ2n) is 4.78. The Morgan fingerprint density at radius 2 is 1.87 bits per heavy atom. The zero-order valence-corrected chi connectivity index (χ0v) is 13.6. The van der Waals surface area contributed by atoms with E-state index >= 15 is 0 Å². The lowest BCUT2D eigenvalue weighted by molar-refractivity contribution is 0.0950. The van der Waals surface area contributed by atoms with Gasteiger partial charge >= 0.3 is 0 Å². The number of aromatic amines is 1. The van der Waals surface area contributed by atoms with Gasteiger partial charge in [0.1, 0.15) is 5.69 Å². The maximum Gasteiger partial charge on any atom is 0.289 e. The standard InChI is InChI=1S/C17H13BrN4O/c18-14-8-6-12(7-9-14)11-19-22-17(23)16-10-15(20-21-16)13-4-2-1-3-5-13/h1-11H,(H,20,21)(H,22,23)/b19-11-. The Kier molecular flexibility index (Phi) is 4.63. The van der Waals surface area contributed by atoms with Crippen molar-refractivity contribution >= 4 is 28.1 Å². The molecule has 114 valence electrons. The van der Waals surface area contributed by atoms with Crippen molar-refractivity contribution in [3.05, 3.63) is 76.4 Å². The van der Waals surface area contributed by atoms with Gasteiger partial charge in [-0.25, -0.2) is 5.43 Å². The highest BCUT2D eigenvalue weighted by molar-refractivity contribution is 9.10. The minimum Gasteiger partial charge on any atom is -0.272 e. The first kappa shape index (κ1) is 15.2. The van der Waals surface area contributed by atoms with Crippen LogP contribution in [0.2, 0.25) is 0 Å². The molecule has 0 aliphatic heterocycles. The largest absolute Gasteiger partial charge is 0.289 e. The molecule has 23 heavy (non-hydrogen) atoms. The monoisotopic (exact) mass is 368 g/mol. The number of nitrogens with zero attached hydrogens (tertiary/aromatic N) is 2. The third-order valence-corrected chi connectivity index (χ3v) is 3.67. The molecule has 0 atom stereocenters. The van der Waals surface area contributed by atoms with Crippen LogP contribution in [0.3, 0.4) is 0 Å². The quantitative estimate of drug-likeness (QED) is 0.545. The Hall–Kier alpha value is -2.73. The first-order valence-corrected chi connectivity index (χ1v) is 7.71. The van der Waals surface area contributed by atoms with Crippen LogP contribution < -0.4 is 5.43 Å². The molecule has 0 saturated heterocycles. The minimum absolute atomic E-state index is 0.340. The number of rotatable bonds is 4. The number of nitrogens with one attached hydrogen (secondary N) is 2. The van der Waals surface area contributed by atoms with E-state index in [1.54, 1.807) is 12.3 Å². The number of carbonyl (C=O) groups excluding carboxylic acids is 1. The number of hydrogen-bond acceptors (Lipinski definition) is 3. The highest BCUT2D eigenvalue weighted by Gasteiger charge is 2.09. The second kappa shape index (κ2) is 7.02. The van der Waals surface area contributed by atoms with Crippen LogP contribution >= 0.6 is 15.9 Å². The van der Waals surface area contributed by atoms with Gasteiger partial charge in [0, 0.05) is 10.0 Å². The van der Waals surface area contributed by atoms with Crippen LogP contribution in [0.5, 0.6) is 0 Å². The van der Waals surface area contributed by atoms with Gasteiger partial charge in [0.25, 0.3) is 5.91 Å². The van der Waals surface area contributed by atoms with Crippen molar-refractivity contribution < 1.29 is 4.79 Å². The van der Waals surface area contributed by atoms with Gasteiger partial charge in [-0.2, -0.15) is 10.2 Å². The Bertz CT molecular complexity index is 825. The molecule has 2 N–H and O–H groups in total. The zero-order valence-electron chi connectivity index (χ0n) is 12.0. The molecule has 3 aromatic rings. The van der Waals surface area contributed by atoms with Gasteiger partial charge in [0.15, 0.2) is 0 Å². The summed E-state index contributed by atoms with van der Waals surface area (Å²) in [6, 6.07) is 18.9. The molecule has 0 bridgehead atoms. The molecular formula is C17H13BrN4O. The molecule has 3 rings (SSSR count). The predicted molar refractivity (Wildman–Crippen MR) is 93.2 cm³/mol. The summed E-state index contributed by atoms with van der Waals surface area (Å²) in [5, 5.41) is 10.8. The van der Waals surface area contributed by atoms with Crippen LogP contribution in [0.25, 0.3) is 11.3 Å². The van der Waals surface area contributed by atoms with Crippen molar-refractivity contribution in [2.75, 3.05) is 0 Å². The first-order valence-electron chi connectivity index (χ1n) is 6.92. The van der Waals surface area contributed by atoms with Gasteiger partial charge in [-0.1, -0.05) is 58.4 Å². The minimum atomic E-state index is -0.340. The summed E-state index contributed by atoms with van der Waals surface area (Å²) in [4.78, 5) is 12.0. The fraction of sp³-hybridized carbons (Fsp3) is 0. The summed E-state index contributed by atoms with van der Waals surface area (Å²) in [5.41, 5.74) is 5.39. The number of amides is 1. The number of hydrogen-bond donors (Lipinski definition) is 2. The van der Waals surface area contributed by atoms with Crippen LogP contribution in [-0.4, -0.2) is 22.3 Å². The van der Waals surface area contributed by atoms with Crippen molar-refractivity contribution in [1.82, 2.24) is 15.6 Å². The molecule has 1 aromatic heterocycles. The van der Waals surface area contributed by atoms with Crippen molar-refractivity contribution in [2.45, 2.75) is 0 Å². The fourth-order valence-corrected chi connectivity index (χ4v) is 2.23. The van der Waals surface area contributed by atoms with Gasteiger partial charge in [-0.05, 0) is 23.8 Å². The van der Waals surface area contributed by atoms with E-state index in [1.165, 1.54) is 0 Å². The molecule has 1 amide bonds. The SMILES string of the molecule is O=C(N/N=C\c1ccc(Br)cc1)c1cc(-c2ccccc2)n[nH]1. The van der Waals surface area contributed by atoms with E-state index in [1.807, 2.05) is 54.6 Å². The van der Waals surface area contributed by atoms with E-state index in [0.717, 1.165) is 15.6 Å². The van der Waals surface area contributed by atoms with Gasteiger partial charge < -0.3 is 0 Å². The van der Waals surface area contributed by atoms with Crippen molar-refractivity contribution in [2.24, 2.45) is 5.10 Å². The normalized spacial score (nSPS) is 10.8.